The van der Waals surface area contributed by atoms with Gasteiger partial charge in [-0.3, -0.25) is 4.79 Å². The van der Waals surface area contributed by atoms with E-state index in [2.05, 4.69) is 10.3 Å². The Morgan fingerprint density at radius 2 is 2.00 bits per heavy atom. The van der Waals surface area contributed by atoms with E-state index in [-0.39, 0.29) is 17.8 Å². The Morgan fingerprint density at radius 1 is 1.30 bits per heavy atom. The predicted molar refractivity (Wildman–Crippen MR) is 78.3 cm³/mol. The van der Waals surface area contributed by atoms with Crippen molar-refractivity contribution in [2.75, 3.05) is 6.26 Å². The van der Waals surface area contributed by atoms with Crippen LogP contribution >= 0.6 is 11.8 Å². The molecule has 0 bridgehead atoms. The summed E-state index contributed by atoms with van der Waals surface area (Å²) in [5.41, 5.74) is 1.41. The summed E-state index contributed by atoms with van der Waals surface area (Å²) in [5.74, 6) is -0.469. The van der Waals surface area contributed by atoms with Crippen LogP contribution in [0, 0.1) is 5.82 Å². The zero-order chi connectivity index (χ0) is 14.5. The molecule has 1 amide bonds. The number of thioether (sulfide) groups is 1. The lowest BCUT2D eigenvalue weighted by atomic mass is 10.1. The van der Waals surface area contributed by atoms with Crippen LogP contribution in [0.15, 0.2) is 47.6 Å². The van der Waals surface area contributed by atoms with Crippen molar-refractivity contribution in [1.29, 1.82) is 0 Å². The molecular formula is C15H15FN2OS. The van der Waals surface area contributed by atoms with Gasteiger partial charge in [-0.25, -0.2) is 9.37 Å². The first-order chi connectivity index (χ1) is 9.61. The second-order valence-corrected chi connectivity index (χ2v) is 5.10. The van der Waals surface area contributed by atoms with Gasteiger partial charge in [0.15, 0.2) is 0 Å². The Hall–Kier alpha value is -1.88. The van der Waals surface area contributed by atoms with E-state index in [1.54, 1.807) is 30.5 Å². The normalized spacial score (nSPS) is 11.9. The standard InChI is InChI=1S/C15H15FN2OS/c1-10(11-5-7-12(16)8-6-11)18-14(19)13-4-3-9-17-15(13)20-2/h3-10H,1-2H3,(H,18,19). The Kier molecular flexibility index (Phi) is 4.74. The first kappa shape index (κ1) is 14.5. The van der Waals surface area contributed by atoms with Crippen LogP contribution in [-0.2, 0) is 0 Å². The van der Waals surface area contributed by atoms with Crippen LogP contribution in [0.25, 0.3) is 0 Å². The molecule has 0 saturated heterocycles. The number of hydrogen-bond donors (Lipinski definition) is 1. The van der Waals surface area contributed by atoms with E-state index in [0.29, 0.717) is 10.6 Å². The Morgan fingerprint density at radius 3 is 2.65 bits per heavy atom. The number of nitrogens with zero attached hydrogens (tertiary/aromatic N) is 1. The number of halogens is 1. The van der Waals surface area contributed by atoms with Crippen molar-refractivity contribution < 1.29 is 9.18 Å². The summed E-state index contributed by atoms with van der Waals surface area (Å²) in [4.78, 5) is 16.4. The van der Waals surface area contributed by atoms with Gasteiger partial charge in [-0.15, -0.1) is 11.8 Å². The predicted octanol–water partition coefficient (Wildman–Crippen LogP) is 3.43. The minimum absolute atomic E-state index is 0.181. The van der Waals surface area contributed by atoms with E-state index < -0.39 is 0 Å². The molecule has 1 N–H and O–H groups in total. The van der Waals surface area contributed by atoms with Crippen molar-refractivity contribution in [3.05, 3.63) is 59.5 Å². The molecule has 5 heteroatoms. The van der Waals surface area contributed by atoms with Gasteiger partial charge in [-0.1, -0.05) is 12.1 Å². The number of aromatic nitrogens is 1. The molecule has 2 rings (SSSR count). The first-order valence-corrected chi connectivity index (χ1v) is 7.39. The fraction of sp³-hybridized carbons (Fsp3) is 0.200. The van der Waals surface area contributed by atoms with Crippen LogP contribution in [0.1, 0.15) is 28.9 Å². The highest BCUT2D eigenvalue weighted by Crippen LogP contribution is 2.19. The van der Waals surface area contributed by atoms with Gasteiger partial charge in [0.1, 0.15) is 10.8 Å². The molecule has 0 aliphatic carbocycles. The molecule has 1 aromatic heterocycles. The fourth-order valence-electron chi connectivity index (χ4n) is 1.84. The Labute approximate surface area is 121 Å². The van der Waals surface area contributed by atoms with Crippen molar-refractivity contribution in [3.63, 3.8) is 0 Å². The zero-order valence-corrected chi connectivity index (χ0v) is 12.1. The molecule has 0 fully saturated rings. The smallest absolute Gasteiger partial charge is 0.254 e. The molecule has 1 unspecified atom stereocenters. The van der Waals surface area contributed by atoms with Gasteiger partial charge in [0.05, 0.1) is 11.6 Å². The second-order valence-electron chi connectivity index (χ2n) is 4.31. The van der Waals surface area contributed by atoms with Crippen molar-refractivity contribution >= 4 is 17.7 Å². The highest BCUT2D eigenvalue weighted by molar-refractivity contribution is 7.98. The molecule has 0 radical (unpaired) electrons. The van der Waals surface area contributed by atoms with E-state index in [0.717, 1.165) is 5.56 Å². The maximum absolute atomic E-state index is 12.9. The number of amides is 1. The lowest BCUT2D eigenvalue weighted by Gasteiger charge is -2.15. The number of nitrogens with one attached hydrogen (secondary N) is 1. The number of benzene rings is 1. The van der Waals surface area contributed by atoms with Crippen molar-refractivity contribution in [2.24, 2.45) is 0 Å². The highest BCUT2D eigenvalue weighted by atomic mass is 32.2. The molecule has 2 aromatic rings. The summed E-state index contributed by atoms with van der Waals surface area (Å²) in [6.07, 6.45) is 3.54. The average Bonchev–Trinajstić information content (AvgIpc) is 2.47. The third kappa shape index (κ3) is 3.36. The molecule has 0 spiro atoms. The van der Waals surface area contributed by atoms with E-state index in [1.165, 1.54) is 23.9 Å². The molecule has 0 aliphatic heterocycles. The largest absolute Gasteiger partial charge is 0.345 e. The summed E-state index contributed by atoms with van der Waals surface area (Å²) in [6, 6.07) is 9.38. The van der Waals surface area contributed by atoms with E-state index in [1.807, 2.05) is 13.2 Å². The molecule has 0 aliphatic rings. The van der Waals surface area contributed by atoms with E-state index >= 15 is 0 Å². The lowest BCUT2D eigenvalue weighted by Crippen LogP contribution is -2.27. The minimum atomic E-state index is -0.288. The third-order valence-corrected chi connectivity index (χ3v) is 3.64. The highest BCUT2D eigenvalue weighted by Gasteiger charge is 2.15. The molecule has 1 heterocycles. The number of rotatable bonds is 4. The number of hydrogen-bond acceptors (Lipinski definition) is 3. The van der Waals surface area contributed by atoms with Gasteiger partial charge in [-0.2, -0.15) is 0 Å². The Bertz CT molecular complexity index is 601. The monoisotopic (exact) mass is 290 g/mol. The molecule has 1 atom stereocenters. The molecule has 20 heavy (non-hydrogen) atoms. The quantitative estimate of drug-likeness (QED) is 0.877. The molecule has 1 aromatic carbocycles. The van der Waals surface area contributed by atoms with E-state index in [4.69, 9.17) is 0 Å². The SMILES string of the molecule is CSc1ncccc1C(=O)NC(C)c1ccc(F)cc1. The van der Waals surface area contributed by atoms with Gasteiger partial charge in [0, 0.05) is 6.20 Å². The molecular weight excluding hydrogens is 275 g/mol. The zero-order valence-electron chi connectivity index (χ0n) is 11.3. The Balaban J connectivity index is 2.13. The van der Waals surface area contributed by atoms with Crippen LogP contribution in [0.4, 0.5) is 4.39 Å². The average molecular weight is 290 g/mol. The second kappa shape index (κ2) is 6.52. The van der Waals surface area contributed by atoms with Crippen molar-refractivity contribution in [1.82, 2.24) is 10.3 Å². The summed E-state index contributed by atoms with van der Waals surface area (Å²) in [7, 11) is 0. The first-order valence-electron chi connectivity index (χ1n) is 6.17. The van der Waals surface area contributed by atoms with Crippen molar-refractivity contribution in [2.45, 2.75) is 18.0 Å². The van der Waals surface area contributed by atoms with Crippen LogP contribution in [0.5, 0.6) is 0 Å². The maximum atomic E-state index is 12.9. The van der Waals surface area contributed by atoms with E-state index in [9.17, 15) is 9.18 Å². The fourth-order valence-corrected chi connectivity index (χ4v) is 2.38. The lowest BCUT2D eigenvalue weighted by molar-refractivity contribution is 0.0936. The summed E-state index contributed by atoms with van der Waals surface area (Å²) < 4.78 is 12.9. The van der Waals surface area contributed by atoms with Crippen LogP contribution in [0.2, 0.25) is 0 Å². The van der Waals surface area contributed by atoms with Gasteiger partial charge < -0.3 is 5.32 Å². The summed E-state index contributed by atoms with van der Waals surface area (Å²) in [6.45, 7) is 1.86. The molecule has 104 valence electrons. The van der Waals surface area contributed by atoms with Gasteiger partial charge in [0.2, 0.25) is 0 Å². The topological polar surface area (TPSA) is 42.0 Å². The maximum Gasteiger partial charge on any atom is 0.254 e. The molecule has 0 saturated carbocycles. The van der Waals surface area contributed by atoms with Crippen LogP contribution in [0.3, 0.4) is 0 Å². The number of carbonyl (C=O) groups is 1. The van der Waals surface area contributed by atoms with Crippen LogP contribution in [-0.4, -0.2) is 17.1 Å². The summed E-state index contributed by atoms with van der Waals surface area (Å²) >= 11 is 1.43. The third-order valence-electron chi connectivity index (χ3n) is 2.93. The van der Waals surface area contributed by atoms with Gasteiger partial charge in [0.25, 0.3) is 5.91 Å². The molecule has 3 nitrogen and oxygen atoms in total. The van der Waals surface area contributed by atoms with Gasteiger partial charge in [-0.05, 0) is 43.0 Å². The summed E-state index contributed by atoms with van der Waals surface area (Å²) in [5, 5.41) is 3.58. The van der Waals surface area contributed by atoms with Gasteiger partial charge >= 0.3 is 0 Å². The van der Waals surface area contributed by atoms with Crippen LogP contribution < -0.4 is 5.32 Å². The number of pyridine rings is 1. The van der Waals surface area contributed by atoms with Crippen molar-refractivity contribution in [3.8, 4) is 0 Å². The minimum Gasteiger partial charge on any atom is -0.345 e. The number of carbonyl (C=O) groups excluding carboxylic acids is 1.